The molecule has 24 heavy (non-hydrogen) atoms. The van der Waals surface area contributed by atoms with Crippen LogP contribution in [0.1, 0.15) is 18.5 Å². The van der Waals surface area contributed by atoms with E-state index in [2.05, 4.69) is 26.2 Å². The van der Waals surface area contributed by atoms with E-state index in [1.165, 1.54) is 11.0 Å². The van der Waals surface area contributed by atoms with Crippen molar-refractivity contribution in [2.75, 3.05) is 5.32 Å². The molecule has 0 aliphatic carbocycles. The molecule has 1 aromatic heterocycles. The van der Waals surface area contributed by atoms with E-state index in [4.69, 9.17) is 11.6 Å². The van der Waals surface area contributed by atoms with E-state index < -0.39 is 0 Å². The number of urea groups is 1. The van der Waals surface area contributed by atoms with Crippen molar-refractivity contribution < 1.29 is 4.79 Å². The molecule has 122 valence electrons. The number of amides is 2. The van der Waals surface area contributed by atoms with Gasteiger partial charge in [0.2, 0.25) is 0 Å². The second-order valence-electron chi connectivity index (χ2n) is 5.14. The number of benzene rings is 2. The molecule has 2 amide bonds. The van der Waals surface area contributed by atoms with E-state index in [1.807, 2.05) is 37.3 Å². The van der Waals surface area contributed by atoms with Crippen molar-refractivity contribution >= 4 is 23.3 Å². The summed E-state index contributed by atoms with van der Waals surface area (Å²) >= 11 is 6.14. The average molecular weight is 343 g/mol. The van der Waals surface area contributed by atoms with Crippen molar-refractivity contribution in [2.24, 2.45) is 0 Å². The molecule has 1 unspecified atom stereocenters. The lowest BCUT2D eigenvalue weighted by Crippen LogP contribution is -2.31. The van der Waals surface area contributed by atoms with Crippen LogP contribution in [-0.4, -0.2) is 26.2 Å². The van der Waals surface area contributed by atoms with Crippen LogP contribution in [0, 0.1) is 0 Å². The third-order valence-corrected chi connectivity index (χ3v) is 3.80. The number of anilines is 1. The van der Waals surface area contributed by atoms with Crippen LogP contribution in [0.3, 0.4) is 0 Å². The van der Waals surface area contributed by atoms with Gasteiger partial charge in [-0.05, 0) is 53.2 Å². The van der Waals surface area contributed by atoms with Crippen LogP contribution in [-0.2, 0) is 0 Å². The molecule has 0 bridgehead atoms. The van der Waals surface area contributed by atoms with Gasteiger partial charge in [-0.1, -0.05) is 29.8 Å². The number of halogens is 1. The topological polar surface area (TPSA) is 84.7 Å². The van der Waals surface area contributed by atoms with Gasteiger partial charge in [0.05, 0.1) is 11.7 Å². The normalized spacial score (nSPS) is 11.8. The fraction of sp³-hybridized carbons (Fsp3) is 0.125. The van der Waals surface area contributed by atoms with Crippen LogP contribution >= 0.6 is 11.6 Å². The summed E-state index contributed by atoms with van der Waals surface area (Å²) in [5, 5.41) is 17.2. The molecule has 0 saturated carbocycles. The summed E-state index contributed by atoms with van der Waals surface area (Å²) in [6.07, 6.45) is 1.50. The molecule has 0 aliphatic heterocycles. The highest BCUT2D eigenvalue weighted by molar-refractivity contribution is 6.31. The fourth-order valence-electron chi connectivity index (χ4n) is 2.24. The lowest BCUT2D eigenvalue weighted by molar-refractivity contribution is 0.249. The Bertz CT molecular complexity index is 819. The highest BCUT2D eigenvalue weighted by Crippen LogP contribution is 2.22. The lowest BCUT2D eigenvalue weighted by atomic mass is 10.1. The Balaban J connectivity index is 1.62. The average Bonchev–Trinajstić information content (AvgIpc) is 3.10. The van der Waals surface area contributed by atoms with Gasteiger partial charge in [-0.2, -0.15) is 0 Å². The van der Waals surface area contributed by atoms with E-state index in [0.29, 0.717) is 10.7 Å². The third-order valence-electron chi connectivity index (χ3n) is 3.46. The SMILES string of the molecule is CC(NC(=O)Nc1ccc(-n2cnnn2)cc1)c1ccccc1Cl. The summed E-state index contributed by atoms with van der Waals surface area (Å²) in [5.74, 6) is 0. The molecule has 0 spiro atoms. The number of rotatable bonds is 4. The minimum absolute atomic E-state index is 0.209. The highest BCUT2D eigenvalue weighted by Gasteiger charge is 2.12. The molecule has 1 atom stereocenters. The zero-order valence-electron chi connectivity index (χ0n) is 12.8. The largest absolute Gasteiger partial charge is 0.331 e. The summed E-state index contributed by atoms with van der Waals surface area (Å²) in [7, 11) is 0. The maximum atomic E-state index is 12.1. The maximum Gasteiger partial charge on any atom is 0.319 e. The van der Waals surface area contributed by atoms with Crippen molar-refractivity contribution in [3.8, 4) is 5.69 Å². The van der Waals surface area contributed by atoms with E-state index in [9.17, 15) is 4.79 Å². The Labute approximate surface area is 143 Å². The Morgan fingerprint density at radius 2 is 1.92 bits per heavy atom. The Morgan fingerprint density at radius 3 is 2.58 bits per heavy atom. The van der Waals surface area contributed by atoms with Crippen LogP contribution in [0.15, 0.2) is 54.9 Å². The second-order valence-corrected chi connectivity index (χ2v) is 5.55. The Hall–Kier alpha value is -2.93. The molecule has 8 heteroatoms. The number of hydrogen-bond acceptors (Lipinski definition) is 4. The molecule has 0 aliphatic rings. The van der Waals surface area contributed by atoms with Gasteiger partial charge in [-0.15, -0.1) is 5.10 Å². The molecule has 7 nitrogen and oxygen atoms in total. The second kappa shape index (κ2) is 7.10. The monoisotopic (exact) mass is 342 g/mol. The molecule has 0 fully saturated rings. The van der Waals surface area contributed by atoms with Crippen LogP contribution in [0.4, 0.5) is 10.5 Å². The van der Waals surface area contributed by atoms with Crippen molar-refractivity contribution in [3.63, 3.8) is 0 Å². The number of carbonyl (C=O) groups is 1. The van der Waals surface area contributed by atoms with Gasteiger partial charge in [0.25, 0.3) is 0 Å². The zero-order chi connectivity index (χ0) is 16.9. The van der Waals surface area contributed by atoms with Crippen LogP contribution < -0.4 is 10.6 Å². The molecular weight excluding hydrogens is 328 g/mol. The van der Waals surface area contributed by atoms with E-state index >= 15 is 0 Å². The van der Waals surface area contributed by atoms with Crippen LogP contribution in [0.5, 0.6) is 0 Å². The summed E-state index contributed by atoms with van der Waals surface area (Å²) < 4.78 is 1.53. The zero-order valence-corrected chi connectivity index (χ0v) is 13.6. The van der Waals surface area contributed by atoms with Gasteiger partial charge in [-0.3, -0.25) is 0 Å². The number of tetrazole rings is 1. The first-order valence-corrected chi connectivity index (χ1v) is 7.66. The first kappa shape index (κ1) is 15.9. The number of nitrogens with zero attached hydrogens (tertiary/aromatic N) is 4. The standard InChI is InChI=1S/C16H15ClN6O/c1-11(14-4-2-3-5-15(14)17)19-16(24)20-12-6-8-13(9-7-12)23-10-18-21-22-23/h2-11H,1H3,(H2,19,20,24). The molecule has 1 heterocycles. The van der Waals surface area contributed by atoms with Gasteiger partial charge >= 0.3 is 6.03 Å². The van der Waals surface area contributed by atoms with Gasteiger partial charge in [-0.25, -0.2) is 9.48 Å². The minimum atomic E-state index is -0.308. The third kappa shape index (κ3) is 3.69. The highest BCUT2D eigenvalue weighted by atomic mass is 35.5. The molecule has 3 aromatic rings. The number of hydrogen-bond donors (Lipinski definition) is 2. The number of carbonyl (C=O) groups excluding carboxylic acids is 1. The van der Waals surface area contributed by atoms with Gasteiger partial charge in [0.15, 0.2) is 0 Å². The summed E-state index contributed by atoms with van der Waals surface area (Å²) in [6.45, 7) is 1.88. The van der Waals surface area contributed by atoms with Crippen LogP contribution in [0.2, 0.25) is 5.02 Å². The van der Waals surface area contributed by atoms with Crippen molar-refractivity contribution in [1.29, 1.82) is 0 Å². The number of aromatic nitrogens is 4. The molecule has 2 N–H and O–H groups in total. The van der Waals surface area contributed by atoms with E-state index in [-0.39, 0.29) is 12.1 Å². The predicted molar refractivity (Wildman–Crippen MR) is 91.2 cm³/mol. The van der Waals surface area contributed by atoms with Crippen molar-refractivity contribution in [1.82, 2.24) is 25.5 Å². The van der Waals surface area contributed by atoms with E-state index in [1.54, 1.807) is 18.2 Å². The lowest BCUT2D eigenvalue weighted by Gasteiger charge is -2.16. The van der Waals surface area contributed by atoms with Gasteiger partial charge in [0.1, 0.15) is 6.33 Å². The molecular formula is C16H15ClN6O. The molecule has 0 saturated heterocycles. The molecule has 3 rings (SSSR count). The Morgan fingerprint density at radius 1 is 1.17 bits per heavy atom. The van der Waals surface area contributed by atoms with Crippen LogP contribution in [0.25, 0.3) is 5.69 Å². The summed E-state index contributed by atoms with van der Waals surface area (Å²) in [5.41, 5.74) is 2.33. The van der Waals surface area contributed by atoms with Crippen molar-refractivity contribution in [3.05, 3.63) is 65.4 Å². The smallest absolute Gasteiger partial charge is 0.319 e. The summed E-state index contributed by atoms with van der Waals surface area (Å²) in [4.78, 5) is 12.1. The predicted octanol–water partition coefficient (Wildman–Crippen LogP) is 3.20. The molecule has 2 aromatic carbocycles. The van der Waals surface area contributed by atoms with Gasteiger partial charge < -0.3 is 10.6 Å². The quantitative estimate of drug-likeness (QED) is 0.762. The minimum Gasteiger partial charge on any atom is -0.331 e. The Kier molecular flexibility index (Phi) is 4.72. The van der Waals surface area contributed by atoms with E-state index in [0.717, 1.165) is 11.3 Å². The molecule has 0 radical (unpaired) electrons. The first-order valence-electron chi connectivity index (χ1n) is 7.29. The first-order chi connectivity index (χ1) is 11.6. The summed E-state index contributed by atoms with van der Waals surface area (Å²) in [6, 6.07) is 14.1. The van der Waals surface area contributed by atoms with Crippen molar-refractivity contribution in [2.45, 2.75) is 13.0 Å². The number of nitrogens with one attached hydrogen (secondary N) is 2. The fourth-order valence-corrected chi connectivity index (χ4v) is 2.54. The van der Waals surface area contributed by atoms with Gasteiger partial charge in [0, 0.05) is 10.7 Å². The maximum absolute atomic E-state index is 12.1.